The molecule has 11 heteroatoms. The Balaban J connectivity index is 2.47. The standard InChI is InChI=1S/C21H42N2O6Si3/c1-21(2,3)32(10,11)26-14-15-17(28-30(4,5)6)18(29-31(7,8)9)19(27-15)23-13-12-16(24)22-20(23)25/h12-13,15,17-19H,14H2,1-11H3,(H,22,24,25)/t15-,17-,18-,19-/m0/s1. The van der Waals surface area contributed by atoms with E-state index < -0.39 is 48.5 Å². The van der Waals surface area contributed by atoms with Crippen LogP contribution in [0.2, 0.25) is 57.4 Å². The van der Waals surface area contributed by atoms with E-state index in [9.17, 15) is 9.59 Å². The van der Waals surface area contributed by atoms with Crippen LogP contribution in [-0.2, 0) is 18.0 Å². The van der Waals surface area contributed by atoms with Crippen LogP contribution in [0.4, 0.5) is 0 Å². The van der Waals surface area contributed by atoms with E-state index in [1.54, 1.807) is 0 Å². The molecule has 4 atom stereocenters. The lowest BCUT2D eigenvalue weighted by Gasteiger charge is -2.38. The van der Waals surface area contributed by atoms with Gasteiger partial charge in [-0.2, -0.15) is 0 Å². The van der Waals surface area contributed by atoms with Crippen molar-refractivity contribution in [2.75, 3.05) is 6.61 Å². The number of aromatic nitrogens is 2. The lowest BCUT2D eigenvalue weighted by molar-refractivity contribution is -0.0503. The molecule has 1 aliphatic rings. The van der Waals surface area contributed by atoms with Gasteiger partial charge in [0, 0.05) is 12.3 Å². The predicted molar refractivity (Wildman–Crippen MR) is 135 cm³/mol. The van der Waals surface area contributed by atoms with E-state index in [-0.39, 0.29) is 17.2 Å². The second-order valence-electron chi connectivity index (χ2n) is 12.0. The Morgan fingerprint density at radius 1 is 0.969 bits per heavy atom. The molecule has 0 amide bonds. The minimum absolute atomic E-state index is 0.0597. The Hall–Kier alpha value is -0.829. The van der Waals surface area contributed by atoms with Crippen molar-refractivity contribution in [1.29, 1.82) is 0 Å². The molecule has 0 aromatic carbocycles. The Labute approximate surface area is 195 Å². The zero-order chi connectivity index (χ0) is 24.7. The molecule has 32 heavy (non-hydrogen) atoms. The fourth-order valence-electron chi connectivity index (χ4n) is 3.29. The summed E-state index contributed by atoms with van der Waals surface area (Å²) in [6.45, 7) is 24.1. The van der Waals surface area contributed by atoms with Crippen molar-refractivity contribution in [3.8, 4) is 0 Å². The van der Waals surface area contributed by atoms with Gasteiger partial charge in [-0.15, -0.1) is 0 Å². The molecule has 0 saturated carbocycles. The van der Waals surface area contributed by atoms with Gasteiger partial charge in [0.1, 0.15) is 18.3 Å². The third kappa shape index (κ3) is 7.08. The van der Waals surface area contributed by atoms with E-state index >= 15 is 0 Å². The summed E-state index contributed by atoms with van der Waals surface area (Å²) in [5, 5.41) is 0.0597. The fraction of sp³-hybridized carbons (Fsp3) is 0.810. The van der Waals surface area contributed by atoms with Crippen molar-refractivity contribution < 1.29 is 18.0 Å². The largest absolute Gasteiger partial charge is 0.414 e. The lowest BCUT2D eigenvalue weighted by Crippen LogP contribution is -2.50. The number of hydrogen-bond donors (Lipinski definition) is 1. The summed E-state index contributed by atoms with van der Waals surface area (Å²) < 4.78 is 27.5. The Morgan fingerprint density at radius 2 is 1.50 bits per heavy atom. The summed E-state index contributed by atoms with van der Waals surface area (Å²) in [4.78, 5) is 26.6. The maximum Gasteiger partial charge on any atom is 0.330 e. The van der Waals surface area contributed by atoms with Gasteiger partial charge in [0.25, 0.3) is 5.56 Å². The van der Waals surface area contributed by atoms with Crippen LogP contribution in [0.1, 0.15) is 27.0 Å². The molecule has 1 fully saturated rings. The first-order valence-electron chi connectivity index (χ1n) is 11.3. The second-order valence-corrected chi connectivity index (χ2v) is 25.8. The molecule has 0 spiro atoms. The monoisotopic (exact) mass is 502 g/mol. The van der Waals surface area contributed by atoms with Gasteiger partial charge in [-0.1, -0.05) is 20.8 Å². The smallest absolute Gasteiger partial charge is 0.330 e. The summed E-state index contributed by atoms with van der Waals surface area (Å²) in [7, 11) is -6.03. The normalized spacial score (nSPS) is 25.3. The summed E-state index contributed by atoms with van der Waals surface area (Å²) in [5.41, 5.74) is -0.969. The van der Waals surface area contributed by atoms with E-state index in [0.29, 0.717) is 6.61 Å². The van der Waals surface area contributed by atoms with Gasteiger partial charge >= 0.3 is 5.69 Å². The van der Waals surface area contributed by atoms with Crippen molar-refractivity contribution in [3.05, 3.63) is 33.1 Å². The zero-order valence-corrected chi connectivity index (χ0v) is 24.6. The van der Waals surface area contributed by atoms with Crippen molar-refractivity contribution >= 4 is 25.0 Å². The number of aromatic amines is 1. The van der Waals surface area contributed by atoms with Crippen LogP contribution < -0.4 is 11.2 Å². The molecule has 8 nitrogen and oxygen atoms in total. The Bertz CT molecular complexity index is 895. The van der Waals surface area contributed by atoms with Crippen LogP contribution in [0.5, 0.6) is 0 Å². The molecule has 2 rings (SSSR count). The van der Waals surface area contributed by atoms with Gasteiger partial charge in [0.2, 0.25) is 0 Å². The lowest BCUT2D eigenvalue weighted by atomic mass is 10.1. The fourth-order valence-corrected chi connectivity index (χ4v) is 6.47. The van der Waals surface area contributed by atoms with Gasteiger partial charge < -0.3 is 18.0 Å². The first-order valence-corrected chi connectivity index (χ1v) is 21.0. The summed E-state index contributed by atoms with van der Waals surface area (Å²) >= 11 is 0. The van der Waals surface area contributed by atoms with E-state index in [0.717, 1.165) is 0 Å². The maximum absolute atomic E-state index is 12.6. The number of rotatable bonds is 8. The van der Waals surface area contributed by atoms with Crippen LogP contribution in [0, 0.1) is 0 Å². The third-order valence-corrected chi connectivity index (χ3v) is 12.3. The van der Waals surface area contributed by atoms with Crippen LogP contribution in [0.3, 0.4) is 0 Å². The summed E-state index contributed by atoms with van der Waals surface area (Å²) in [6, 6.07) is 1.32. The molecule has 0 aliphatic carbocycles. The minimum atomic E-state index is -2.03. The molecular formula is C21H42N2O6Si3. The average molecular weight is 503 g/mol. The number of hydrogen-bond acceptors (Lipinski definition) is 6. The van der Waals surface area contributed by atoms with Gasteiger partial charge in [-0.3, -0.25) is 14.3 Å². The Kier molecular flexibility index (Phi) is 8.08. The number of ether oxygens (including phenoxy) is 1. The molecule has 1 N–H and O–H groups in total. The van der Waals surface area contributed by atoms with Gasteiger partial charge in [-0.05, 0) is 57.4 Å². The topological polar surface area (TPSA) is 91.8 Å². The maximum atomic E-state index is 12.6. The average Bonchev–Trinajstić information content (AvgIpc) is 2.86. The molecule has 0 bridgehead atoms. The van der Waals surface area contributed by atoms with Crippen molar-refractivity contribution in [2.45, 2.75) is 103 Å². The highest BCUT2D eigenvalue weighted by Crippen LogP contribution is 2.40. The molecule has 184 valence electrons. The van der Waals surface area contributed by atoms with Crippen molar-refractivity contribution in [3.63, 3.8) is 0 Å². The van der Waals surface area contributed by atoms with Crippen LogP contribution in [0.25, 0.3) is 0 Å². The molecule has 2 heterocycles. The van der Waals surface area contributed by atoms with Gasteiger partial charge in [-0.25, -0.2) is 4.79 Å². The molecule has 0 radical (unpaired) electrons. The quantitative estimate of drug-likeness (QED) is 0.542. The Morgan fingerprint density at radius 3 is 1.97 bits per heavy atom. The highest BCUT2D eigenvalue weighted by molar-refractivity contribution is 6.74. The highest BCUT2D eigenvalue weighted by atomic mass is 28.4. The van der Waals surface area contributed by atoms with Gasteiger partial charge in [0.05, 0.1) is 6.61 Å². The van der Waals surface area contributed by atoms with Crippen molar-refractivity contribution in [1.82, 2.24) is 9.55 Å². The predicted octanol–water partition coefficient (Wildman–Crippen LogP) is 3.90. The number of nitrogens with one attached hydrogen (secondary N) is 1. The summed E-state index contributed by atoms with van der Waals surface area (Å²) in [6.07, 6.45) is -0.483. The molecule has 1 aromatic rings. The SMILES string of the molecule is CC(C)(C)[Si](C)(C)OC[C@@H]1O[C@H](n2ccc(=O)[nH]c2=O)[C@@H](O[Si](C)(C)C)[C@H]1O[Si](C)(C)C. The van der Waals surface area contributed by atoms with E-state index in [4.69, 9.17) is 18.0 Å². The molecule has 1 saturated heterocycles. The number of nitrogens with zero attached hydrogens (tertiary/aromatic N) is 1. The third-order valence-electron chi connectivity index (χ3n) is 5.80. The molecular weight excluding hydrogens is 460 g/mol. The molecule has 1 aliphatic heterocycles. The van der Waals surface area contributed by atoms with E-state index in [1.807, 2.05) is 0 Å². The first-order chi connectivity index (χ1) is 14.3. The zero-order valence-electron chi connectivity index (χ0n) is 21.6. The second kappa shape index (κ2) is 9.43. The van der Waals surface area contributed by atoms with Crippen molar-refractivity contribution in [2.24, 2.45) is 0 Å². The van der Waals surface area contributed by atoms with Crippen LogP contribution in [0.15, 0.2) is 21.9 Å². The van der Waals surface area contributed by atoms with E-state index in [2.05, 4.69) is 78.1 Å². The minimum Gasteiger partial charge on any atom is -0.414 e. The number of H-pyrrole nitrogens is 1. The summed E-state index contributed by atoms with van der Waals surface area (Å²) in [5.74, 6) is 0. The molecule has 0 unspecified atom stereocenters. The van der Waals surface area contributed by atoms with Crippen LogP contribution in [-0.4, -0.2) is 59.4 Å². The highest BCUT2D eigenvalue weighted by Gasteiger charge is 2.51. The first kappa shape index (κ1) is 27.4. The molecule has 1 aromatic heterocycles. The van der Waals surface area contributed by atoms with Gasteiger partial charge in [0.15, 0.2) is 31.2 Å². The van der Waals surface area contributed by atoms with Crippen LogP contribution >= 0.6 is 0 Å². The van der Waals surface area contributed by atoms with E-state index in [1.165, 1.54) is 16.8 Å².